The van der Waals surface area contributed by atoms with Gasteiger partial charge < -0.3 is 9.80 Å². The summed E-state index contributed by atoms with van der Waals surface area (Å²) in [6, 6.07) is 1.83. The SMILES string of the molecule is CC(C)(C)C1CCc2c(C(=O)N3CCN(c4ncccn4)CC3)csc2C1. The number of piperazine rings is 1. The Kier molecular flexibility index (Phi) is 4.93. The van der Waals surface area contributed by atoms with Crippen LogP contribution in [0.5, 0.6) is 0 Å². The van der Waals surface area contributed by atoms with Crippen molar-refractivity contribution in [3.05, 3.63) is 39.8 Å². The number of aromatic nitrogens is 2. The van der Waals surface area contributed by atoms with Gasteiger partial charge >= 0.3 is 0 Å². The van der Waals surface area contributed by atoms with Crippen molar-refractivity contribution in [1.82, 2.24) is 14.9 Å². The van der Waals surface area contributed by atoms with E-state index in [9.17, 15) is 4.79 Å². The number of hydrogen-bond acceptors (Lipinski definition) is 5. The molecular formula is C21H28N4OS. The van der Waals surface area contributed by atoms with Gasteiger partial charge in [0.25, 0.3) is 5.91 Å². The molecule has 1 unspecified atom stereocenters. The first-order valence-corrected chi connectivity index (χ1v) is 10.7. The van der Waals surface area contributed by atoms with Crippen LogP contribution in [-0.2, 0) is 12.8 Å². The van der Waals surface area contributed by atoms with Gasteiger partial charge in [-0.3, -0.25) is 4.79 Å². The van der Waals surface area contributed by atoms with E-state index in [4.69, 9.17) is 0 Å². The lowest BCUT2D eigenvalue weighted by Crippen LogP contribution is -2.49. The molecule has 1 saturated heterocycles. The number of nitrogens with zero attached hydrogens (tertiary/aromatic N) is 4. The van der Waals surface area contributed by atoms with Crippen molar-refractivity contribution < 1.29 is 4.79 Å². The van der Waals surface area contributed by atoms with E-state index in [1.165, 1.54) is 16.9 Å². The van der Waals surface area contributed by atoms with Gasteiger partial charge in [0, 0.05) is 48.8 Å². The van der Waals surface area contributed by atoms with Crippen LogP contribution in [0, 0.1) is 11.3 Å². The van der Waals surface area contributed by atoms with Crippen molar-refractivity contribution in [1.29, 1.82) is 0 Å². The van der Waals surface area contributed by atoms with Crippen LogP contribution in [0.15, 0.2) is 23.8 Å². The van der Waals surface area contributed by atoms with E-state index in [2.05, 4.69) is 41.0 Å². The summed E-state index contributed by atoms with van der Waals surface area (Å²) in [6.45, 7) is 10.0. The first-order chi connectivity index (χ1) is 12.9. The topological polar surface area (TPSA) is 49.3 Å². The van der Waals surface area contributed by atoms with E-state index in [1.807, 2.05) is 11.0 Å². The summed E-state index contributed by atoms with van der Waals surface area (Å²) in [5, 5.41) is 2.10. The second kappa shape index (κ2) is 7.23. The number of fused-ring (bicyclic) bond motifs is 1. The minimum atomic E-state index is 0.204. The molecule has 1 fully saturated rings. The van der Waals surface area contributed by atoms with Crippen molar-refractivity contribution in [2.45, 2.75) is 40.0 Å². The number of hydrogen-bond donors (Lipinski definition) is 0. The van der Waals surface area contributed by atoms with Crippen LogP contribution in [0.3, 0.4) is 0 Å². The second-order valence-electron chi connectivity index (χ2n) is 8.68. The zero-order chi connectivity index (χ0) is 19.0. The maximum Gasteiger partial charge on any atom is 0.255 e. The molecule has 27 heavy (non-hydrogen) atoms. The lowest BCUT2D eigenvalue weighted by molar-refractivity contribution is 0.0745. The number of amides is 1. The molecule has 6 heteroatoms. The fraction of sp³-hybridized carbons (Fsp3) is 0.571. The Bertz CT molecular complexity index is 803. The molecule has 0 radical (unpaired) electrons. The highest BCUT2D eigenvalue weighted by Crippen LogP contribution is 2.40. The van der Waals surface area contributed by atoms with Gasteiger partial charge in [0.15, 0.2) is 0 Å². The molecule has 0 saturated carbocycles. The number of anilines is 1. The van der Waals surface area contributed by atoms with Gasteiger partial charge in [-0.25, -0.2) is 9.97 Å². The third kappa shape index (κ3) is 3.72. The molecule has 2 aromatic rings. The molecular weight excluding hydrogens is 356 g/mol. The Morgan fingerprint density at radius 2 is 1.85 bits per heavy atom. The molecule has 0 aromatic carbocycles. The van der Waals surface area contributed by atoms with Crippen molar-refractivity contribution in [3.8, 4) is 0 Å². The maximum atomic E-state index is 13.1. The molecule has 1 atom stereocenters. The zero-order valence-corrected chi connectivity index (χ0v) is 17.3. The first kappa shape index (κ1) is 18.4. The Hall–Kier alpha value is -1.95. The number of carbonyl (C=O) groups excluding carboxylic acids is 1. The molecule has 2 aliphatic rings. The van der Waals surface area contributed by atoms with Crippen molar-refractivity contribution >= 4 is 23.2 Å². The predicted octanol–water partition coefficient (Wildman–Crippen LogP) is 3.65. The molecule has 4 rings (SSSR count). The molecule has 3 heterocycles. The van der Waals surface area contributed by atoms with E-state index in [0.717, 1.165) is 50.5 Å². The van der Waals surface area contributed by atoms with Gasteiger partial charge in [-0.2, -0.15) is 0 Å². The molecule has 1 aliphatic heterocycles. The Labute approximate surface area is 165 Å². The zero-order valence-electron chi connectivity index (χ0n) is 16.4. The summed E-state index contributed by atoms with van der Waals surface area (Å²) in [5.41, 5.74) is 2.60. The molecule has 1 amide bonds. The summed E-state index contributed by atoms with van der Waals surface area (Å²) >= 11 is 1.78. The third-order valence-corrected chi connectivity index (χ3v) is 7.06. The van der Waals surface area contributed by atoms with Crippen LogP contribution in [0.2, 0.25) is 0 Å². The van der Waals surface area contributed by atoms with Gasteiger partial charge in [-0.05, 0) is 42.2 Å². The standard InChI is InChI=1S/C21H28N4OS/c1-21(2,3)15-5-6-16-17(14-27-18(16)13-15)19(26)24-9-11-25(12-10-24)20-22-7-4-8-23-20/h4,7-8,14-15H,5-6,9-13H2,1-3H3. The molecule has 1 aliphatic carbocycles. The summed E-state index contributed by atoms with van der Waals surface area (Å²) in [5.74, 6) is 1.67. The molecule has 0 N–H and O–H groups in total. The fourth-order valence-corrected chi connectivity index (χ4v) is 5.32. The van der Waals surface area contributed by atoms with Gasteiger partial charge in [-0.1, -0.05) is 20.8 Å². The molecule has 2 aromatic heterocycles. The van der Waals surface area contributed by atoms with Crippen LogP contribution >= 0.6 is 11.3 Å². The van der Waals surface area contributed by atoms with Gasteiger partial charge in [0.05, 0.1) is 5.56 Å². The largest absolute Gasteiger partial charge is 0.337 e. The number of carbonyl (C=O) groups is 1. The van der Waals surface area contributed by atoms with E-state index < -0.39 is 0 Å². The Morgan fingerprint density at radius 1 is 1.15 bits per heavy atom. The summed E-state index contributed by atoms with van der Waals surface area (Å²) in [7, 11) is 0. The van der Waals surface area contributed by atoms with E-state index in [1.54, 1.807) is 23.7 Å². The summed E-state index contributed by atoms with van der Waals surface area (Å²) < 4.78 is 0. The summed E-state index contributed by atoms with van der Waals surface area (Å²) in [6.07, 6.45) is 6.88. The quantitative estimate of drug-likeness (QED) is 0.793. The van der Waals surface area contributed by atoms with E-state index in [-0.39, 0.29) is 5.91 Å². The minimum Gasteiger partial charge on any atom is -0.337 e. The minimum absolute atomic E-state index is 0.204. The van der Waals surface area contributed by atoms with Crippen LogP contribution < -0.4 is 4.90 Å². The third-order valence-electron chi connectivity index (χ3n) is 6.01. The van der Waals surface area contributed by atoms with Gasteiger partial charge in [-0.15, -0.1) is 11.3 Å². The van der Waals surface area contributed by atoms with Crippen molar-refractivity contribution in [2.24, 2.45) is 11.3 Å². The lowest BCUT2D eigenvalue weighted by atomic mass is 9.72. The molecule has 144 valence electrons. The highest BCUT2D eigenvalue weighted by atomic mass is 32.1. The van der Waals surface area contributed by atoms with Crippen molar-refractivity contribution in [3.63, 3.8) is 0 Å². The second-order valence-corrected chi connectivity index (χ2v) is 9.65. The monoisotopic (exact) mass is 384 g/mol. The molecule has 5 nitrogen and oxygen atoms in total. The van der Waals surface area contributed by atoms with Crippen LogP contribution in [0.1, 0.15) is 48.0 Å². The molecule has 0 bridgehead atoms. The van der Waals surface area contributed by atoms with Crippen LogP contribution in [-0.4, -0.2) is 47.0 Å². The van der Waals surface area contributed by atoms with Gasteiger partial charge in [0.2, 0.25) is 5.95 Å². The first-order valence-electron chi connectivity index (χ1n) is 9.84. The maximum absolute atomic E-state index is 13.1. The molecule has 0 spiro atoms. The summed E-state index contributed by atoms with van der Waals surface area (Å²) in [4.78, 5) is 27.4. The predicted molar refractivity (Wildman–Crippen MR) is 109 cm³/mol. The van der Waals surface area contributed by atoms with Crippen LogP contribution in [0.25, 0.3) is 0 Å². The van der Waals surface area contributed by atoms with E-state index in [0.29, 0.717) is 11.3 Å². The Balaban J connectivity index is 1.42. The highest BCUT2D eigenvalue weighted by Gasteiger charge is 2.33. The smallest absolute Gasteiger partial charge is 0.255 e. The van der Waals surface area contributed by atoms with Crippen LogP contribution in [0.4, 0.5) is 5.95 Å². The van der Waals surface area contributed by atoms with Gasteiger partial charge in [0.1, 0.15) is 0 Å². The Morgan fingerprint density at radius 3 is 2.52 bits per heavy atom. The van der Waals surface area contributed by atoms with E-state index >= 15 is 0 Å². The van der Waals surface area contributed by atoms with Crippen molar-refractivity contribution in [2.75, 3.05) is 31.1 Å². The lowest BCUT2D eigenvalue weighted by Gasteiger charge is -2.36. The fourth-order valence-electron chi connectivity index (χ4n) is 4.17. The number of thiophene rings is 1. The average Bonchev–Trinajstić information content (AvgIpc) is 3.11. The highest BCUT2D eigenvalue weighted by molar-refractivity contribution is 7.10. The normalized spacial score (nSPS) is 20.5. The average molecular weight is 385 g/mol. The number of rotatable bonds is 2.